The first-order chi connectivity index (χ1) is 16.7. The Kier molecular flexibility index (Phi) is 7.48. The number of rotatable bonds is 9. The molecule has 2 amide bonds. The third-order valence-electron chi connectivity index (χ3n) is 4.85. The molecule has 4 rings (SSSR count). The van der Waals surface area contributed by atoms with Crippen molar-refractivity contribution in [3.05, 3.63) is 120 Å². The Hall–Kier alpha value is -4.65. The van der Waals surface area contributed by atoms with Crippen molar-refractivity contribution < 1.29 is 18.7 Å². The van der Waals surface area contributed by atoms with Gasteiger partial charge in [0.25, 0.3) is 5.91 Å². The summed E-state index contributed by atoms with van der Waals surface area (Å²) in [7, 11) is 0. The van der Waals surface area contributed by atoms with Gasteiger partial charge in [-0.3, -0.25) is 14.6 Å². The second-order valence-corrected chi connectivity index (χ2v) is 7.31. The van der Waals surface area contributed by atoms with Crippen molar-refractivity contribution in [1.29, 1.82) is 0 Å². The lowest BCUT2D eigenvalue weighted by atomic mass is 10.1. The van der Waals surface area contributed by atoms with E-state index in [1.807, 2.05) is 42.5 Å². The number of furan rings is 1. The summed E-state index contributed by atoms with van der Waals surface area (Å²) in [6.07, 6.45) is 6.38. The fourth-order valence-electron chi connectivity index (χ4n) is 3.13. The van der Waals surface area contributed by atoms with Crippen molar-refractivity contribution in [2.24, 2.45) is 0 Å². The molecule has 2 aromatic carbocycles. The van der Waals surface area contributed by atoms with Gasteiger partial charge in [-0.2, -0.15) is 0 Å². The largest absolute Gasteiger partial charge is 0.487 e. The second-order valence-electron chi connectivity index (χ2n) is 7.31. The van der Waals surface area contributed by atoms with Crippen LogP contribution in [-0.4, -0.2) is 16.8 Å². The van der Waals surface area contributed by atoms with Crippen molar-refractivity contribution >= 4 is 23.6 Å². The standard InChI is InChI=1S/C27H23N3O4/c31-26(15-12-20-10-13-22(14-11-20)34-19-21-6-3-4-16-28-21)30-25-9-2-1-8-24(25)27(32)29-18-23-7-5-17-33-23/h1-17H,18-19H2,(H,29,32)(H,30,31)/b15-12+. The molecule has 170 valence electrons. The molecule has 7 heteroatoms. The molecule has 0 radical (unpaired) electrons. The predicted molar refractivity (Wildman–Crippen MR) is 129 cm³/mol. The molecule has 0 aliphatic rings. The summed E-state index contributed by atoms with van der Waals surface area (Å²) in [5.74, 6) is 0.701. The summed E-state index contributed by atoms with van der Waals surface area (Å²) < 4.78 is 10.9. The number of hydrogen-bond acceptors (Lipinski definition) is 5. The summed E-state index contributed by atoms with van der Waals surface area (Å²) in [5, 5.41) is 5.54. The SMILES string of the molecule is O=C(/C=C/c1ccc(OCc2ccccn2)cc1)Nc1ccccc1C(=O)NCc1ccco1. The lowest BCUT2D eigenvalue weighted by molar-refractivity contribution is -0.111. The van der Waals surface area contributed by atoms with Gasteiger partial charge in [0.15, 0.2) is 0 Å². The quantitative estimate of drug-likeness (QED) is 0.354. The summed E-state index contributed by atoms with van der Waals surface area (Å²) in [4.78, 5) is 29.2. The minimum Gasteiger partial charge on any atom is -0.487 e. The third-order valence-corrected chi connectivity index (χ3v) is 4.85. The fourth-order valence-corrected chi connectivity index (χ4v) is 3.13. The molecule has 0 atom stereocenters. The van der Waals surface area contributed by atoms with E-state index in [0.29, 0.717) is 29.4 Å². The lowest BCUT2D eigenvalue weighted by Crippen LogP contribution is -2.24. The summed E-state index contributed by atoms with van der Waals surface area (Å²) in [5.41, 5.74) is 2.47. The van der Waals surface area contributed by atoms with E-state index in [9.17, 15) is 9.59 Å². The van der Waals surface area contributed by atoms with Crippen LogP contribution in [0.2, 0.25) is 0 Å². The maximum Gasteiger partial charge on any atom is 0.253 e. The molecule has 0 fully saturated rings. The Morgan fingerprint density at radius 2 is 1.76 bits per heavy atom. The van der Waals surface area contributed by atoms with Crippen LogP contribution >= 0.6 is 0 Å². The number of carbonyl (C=O) groups is 2. The summed E-state index contributed by atoms with van der Waals surface area (Å²) in [6.45, 7) is 0.641. The number of hydrogen-bond donors (Lipinski definition) is 2. The topological polar surface area (TPSA) is 93.5 Å². The first kappa shape index (κ1) is 22.5. The molecule has 0 aliphatic heterocycles. The smallest absolute Gasteiger partial charge is 0.253 e. The zero-order valence-electron chi connectivity index (χ0n) is 18.3. The molecule has 0 aliphatic carbocycles. The molecule has 2 aromatic heterocycles. The number of nitrogens with one attached hydrogen (secondary N) is 2. The molecule has 0 bridgehead atoms. The van der Waals surface area contributed by atoms with Crippen LogP contribution in [0, 0.1) is 0 Å². The van der Waals surface area contributed by atoms with Crippen LogP contribution in [0.3, 0.4) is 0 Å². The molecule has 34 heavy (non-hydrogen) atoms. The number of carbonyl (C=O) groups excluding carboxylic acids is 2. The van der Waals surface area contributed by atoms with Gasteiger partial charge < -0.3 is 19.8 Å². The maximum absolute atomic E-state index is 12.6. The lowest BCUT2D eigenvalue weighted by Gasteiger charge is -2.10. The normalized spacial score (nSPS) is 10.7. The van der Waals surface area contributed by atoms with Gasteiger partial charge in [0.05, 0.1) is 29.8 Å². The number of benzene rings is 2. The van der Waals surface area contributed by atoms with Crippen molar-refractivity contribution in [3.63, 3.8) is 0 Å². The number of nitrogens with zero attached hydrogens (tertiary/aromatic N) is 1. The Balaban J connectivity index is 1.31. The van der Waals surface area contributed by atoms with Crippen molar-refractivity contribution in [3.8, 4) is 5.75 Å². The zero-order valence-corrected chi connectivity index (χ0v) is 18.3. The van der Waals surface area contributed by atoms with E-state index in [2.05, 4.69) is 15.6 Å². The maximum atomic E-state index is 12.6. The molecule has 0 saturated heterocycles. The first-order valence-electron chi connectivity index (χ1n) is 10.7. The van der Waals surface area contributed by atoms with Gasteiger partial charge in [-0.1, -0.05) is 30.3 Å². The molecule has 0 spiro atoms. The van der Waals surface area contributed by atoms with Gasteiger partial charge in [-0.25, -0.2) is 0 Å². The summed E-state index contributed by atoms with van der Waals surface area (Å²) >= 11 is 0. The van der Waals surface area contributed by atoms with E-state index >= 15 is 0 Å². The van der Waals surface area contributed by atoms with E-state index < -0.39 is 0 Å². The highest BCUT2D eigenvalue weighted by molar-refractivity contribution is 6.07. The van der Waals surface area contributed by atoms with E-state index in [0.717, 1.165) is 11.3 Å². The van der Waals surface area contributed by atoms with E-state index in [-0.39, 0.29) is 18.4 Å². The Morgan fingerprint density at radius 1 is 0.941 bits per heavy atom. The number of pyridine rings is 1. The van der Waals surface area contributed by atoms with Crippen LogP contribution < -0.4 is 15.4 Å². The Morgan fingerprint density at radius 3 is 2.53 bits per heavy atom. The Labute approximate surface area is 197 Å². The van der Waals surface area contributed by atoms with Crippen LogP contribution in [0.25, 0.3) is 6.08 Å². The van der Waals surface area contributed by atoms with Gasteiger partial charge >= 0.3 is 0 Å². The van der Waals surface area contributed by atoms with Crippen molar-refractivity contribution in [1.82, 2.24) is 10.3 Å². The van der Waals surface area contributed by atoms with Crippen LogP contribution in [0.4, 0.5) is 5.69 Å². The average Bonchev–Trinajstić information content (AvgIpc) is 3.40. The highest BCUT2D eigenvalue weighted by Gasteiger charge is 2.12. The second kappa shape index (κ2) is 11.3. The fraction of sp³-hybridized carbons (Fsp3) is 0.0741. The van der Waals surface area contributed by atoms with E-state index in [4.69, 9.17) is 9.15 Å². The van der Waals surface area contributed by atoms with Crippen molar-refractivity contribution in [2.75, 3.05) is 5.32 Å². The predicted octanol–water partition coefficient (Wildman–Crippen LogP) is 4.84. The van der Waals surface area contributed by atoms with Gasteiger partial charge in [-0.05, 0) is 60.2 Å². The third kappa shape index (κ3) is 6.43. The minimum absolute atomic E-state index is 0.260. The molecule has 2 heterocycles. The van der Waals surface area contributed by atoms with Crippen LogP contribution in [0.5, 0.6) is 5.75 Å². The van der Waals surface area contributed by atoms with Crippen LogP contribution in [0.1, 0.15) is 27.4 Å². The number of aromatic nitrogens is 1. The van der Waals surface area contributed by atoms with Gasteiger partial charge in [0, 0.05) is 12.3 Å². The monoisotopic (exact) mass is 453 g/mol. The van der Waals surface area contributed by atoms with E-state index in [1.54, 1.807) is 54.9 Å². The van der Waals surface area contributed by atoms with Crippen LogP contribution in [0.15, 0.2) is 102 Å². The molecular weight excluding hydrogens is 430 g/mol. The minimum atomic E-state index is -0.346. The van der Waals surface area contributed by atoms with Crippen molar-refractivity contribution in [2.45, 2.75) is 13.2 Å². The van der Waals surface area contributed by atoms with Gasteiger partial charge in [0.1, 0.15) is 18.1 Å². The molecule has 0 saturated carbocycles. The number of ether oxygens (including phenoxy) is 1. The number of anilines is 1. The number of amides is 2. The van der Waals surface area contributed by atoms with Gasteiger partial charge in [0.2, 0.25) is 5.91 Å². The highest BCUT2D eigenvalue weighted by Crippen LogP contribution is 2.17. The molecule has 0 unspecified atom stereocenters. The number of para-hydroxylation sites is 1. The molecule has 2 N–H and O–H groups in total. The highest BCUT2D eigenvalue weighted by atomic mass is 16.5. The Bertz CT molecular complexity index is 1250. The first-order valence-corrected chi connectivity index (χ1v) is 10.7. The molecular formula is C27H23N3O4. The molecule has 4 aromatic rings. The molecule has 7 nitrogen and oxygen atoms in total. The van der Waals surface area contributed by atoms with E-state index in [1.165, 1.54) is 6.08 Å². The average molecular weight is 453 g/mol. The van der Waals surface area contributed by atoms with Crippen LogP contribution in [-0.2, 0) is 17.9 Å². The summed E-state index contributed by atoms with van der Waals surface area (Å²) in [6, 6.07) is 23.4. The zero-order chi connectivity index (χ0) is 23.6. The van der Waals surface area contributed by atoms with Gasteiger partial charge in [-0.15, -0.1) is 0 Å².